The van der Waals surface area contributed by atoms with Crippen LogP contribution in [-0.4, -0.2) is 16.8 Å². The number of hydrogen-bond acceptors (Lipinski definition) is 4. The lowest BCUT2D eigenvalue weighted by Crippen LogP contribution is -2.17. The lowest BCUT2D eigenvalue weighted by molar-refractivity contribution is 0.101. The molecule has 1 atom stereocenters. The summed E-state index contributed by atoms with van der Waals surface area (Å²) in [4.78, 5) is 6.78. The van der Waals surface area contributed by atoms with E-state index in [2.05, 4.69) is 5.16 Å². The second-order valence-corrected chi connectivity index (χ2v) is 2.45. The first kappa shape index (κ1) is 4.26. The van der Waals surface area contributed by atoms with Gasteiger partial charge in [0.2, 0.25) is 0 Å². The third kappa shape index (κ3) is 0.432. The predicted molar refractivity (Wildman–Crippen MR) is 31.9 cm³/mol. The maximum atomic E-state index is 4.87. The van der Waals surface area contributed by atoms with E-state index in [9.17, 15) is 0 Å². The minimum Gasteiger partial charge on any atom is -0.357 e. The van der Waals surface area contributed by atoms with Crippen LogP contribution in [0.15, 0.2) is 16.8 Å². The van der Waals surface area contributed by atoms with E-state index < -0.39 is 0 Å². The number of fused-ring (bicyclic) bond motifs is 1. The number of thioether (sulfide) groups is 1. The van der Waals surface area contributed by atoms with Crippen LogP contribution >= 0.6 is 11.8 Å². The fraction of sp³-hybridized carbons (Fsp3) is 0.250. The summed E-state index contributed by atoms with van der Waals surface area (Å²) < 4.78 is 0. The largest absolute Gasteiger partial charge is 0.357 e. The van der Waals surface area contributed by atoms with Crippen LogP contribution in [0.25, 0.3) is 0 Å². The molecule has 2 aliphatic rings. The van der Waals surface area contributed by atoms with E-state index in [-0.39, 0.29) is 5.56 Å². The molecular formula is C4H4N2OS. The molecule has 0 bridgehead atoms. The molecule has 0 saturated carbocycles. The molecular weight excluding hydrogens is 124 g/mol. The molecule has 42 valence electrons. The van der Waals surface area contributed by atoms with E-state index in [0.717, 1.165) is 0 Å². The summed E-state index contributed by atoms with van der Waals surface area (Å²) in [5.74, 6) is 0. The van der Waals surface area contributed by atoms with Crippen LogP contribution in [0.3, 0.4) is 0 Å². The topological polar surface area (TPSA) is 24.8 Å². The van der Waals surface area contributed by atoms with Gasteiger partial charge in [0.1, 0.15) is 6.34 Å². The third-order valence-electron chi connectivity index (χ3n) is 1.00. The van der Waals surface area contributed by atoms with Gasteiger partial charge in [-0.15, -0.1) is 0 Å². The van der Waals surface area contributed by atoms with Crippen LogP contribution in [0.4, 0.5) is 0 Å². The summed E-state index contributed by atoms with van der Waals surface area (Å²) >= 11 is 1.61. The van der Waals surface area contributed by atoms with Crippen LogP contribution in [-0.2, 0) is 4.84 Å². The normalized spacial score (nSPS) is 31.0. The molecule has 0 aromatic heterocycles. The summed E-state index contributed by atoms with van der Waals surface area (Å²) in [7, 11) is 0. The maximum Gasteiger partial charge on any atom is 0.256 e. The average molecular weight is 128 g/mol. The Morgan fingerprint density at radius 1 is 1.75 bits per heavy atom. The van der Waals surface area contributed by atoms with E-state index in [1.807, 2.05) is 16.5 Å². The summed E-state index contributed by atoms with van der Waals surface area (Å²) in [6, 6.07) is 0. The van der Waals surface area contributed by atoms with Crippen molar-refractivity contribution < 1.29 is 4.84 Å². The van der Waals surface area contributed by atoms with Gasteiger partial charge in [0, 0.05) is 6.20 Å². The van der Waals surface area contributed by atoms with E-state index in [0.29, 0.717) is 0 Å². The molecule has 2 aliphatic heterocycles. The lowest BCUT2D eigenvalue weighted by atomic mass is 10.8. The van der Waals surface area contributed by atoms with Crippen LogP contribution in [0.5, 0.6) is 0 Å². The molecule has 2 rings (SSSR count). The summed E-state index contributed by atoms with van der Waals surface area (Å²) in [5.41, 5.74) is 0.0926. The van der Waals surface area contributed by atoms with Gasteiger partial charge in [-0.25, -0.2) is 0 Å². The lowest BCUT2D eigenvalue weighted by Gasteiger charge is -2.07. The van der Waals surface area contributed by atoms with Crippen molar-refractivity contribution in [3.8, 4) is 0 Å². The smallest absolute Gasteiger partial charge is 0.256 e. The zero-order valence-corrected chi connectivity index (χ0v) is 4.84. The quantitative estimate of drug-likeness (QED) is 0.481. The zero-order valence-electron chi connectivity index (χ0n) is 4.02. The molecule has 0 aliphatic carbocycles. The van der Waals surface area contributed by atoms with Crippen LogP contribution in [0.2, 0.25) is 0 Å². The van der Waals surface area contributed by atoms with Crippen molar-refractivity contribution in [2.24, 2.45) is 5.16 Å². The molecule has 0 unspecified atom stereocenters. The summed E-state index contributed by atoms with van der Waals surface area (Å²) in [6.45, 7) is 0. The molecule has 0 spiro atoms. The van der Waals surface area contributed by atoms with Gasteiger partial charge in [-0.05, 0) is 5.41 Å². The molecule has 0 radical (unpaired) electrons. The van der Waals surface area contributed by atoms with Crippen molar-refractivity contribution in [3.63, 3.8) is 0 Å². The predicted octanol–water partition coefficient (Wildman–Crippen LogP) is 0.764. The Morgan fingerprint density at radius 2 is 2.75 bits per heavy atom. The highest BCUT2D eigenvalue weighted by Crippen LogP contribution is 2.27. The first-order valence-corrected chi connectivity index (χ1v) is 3.20. The van der Waals surface area contributed by atoms with Crippen molar-refractivity contribution in [1.82, 2.24) is 4.90 Å². The fourth-order valence-electron chi connectivity index (χ4n) is 0.619. The van der Waals surface area contributed by atoms with Gasteiger partial charge >= 0.3 is 0 Å². The van der Waals surface area contributed by atoms with Crippen LogP contribution < -0.4 is 0 Å². The minimum absolute atomic E-state index is 0.0926. The first-order valence-electron chi connectivity index (χ1n) is 2.26. The SMILES string of the molecule is C1=CN2C=NO[C@@H]2S1. The molecule has 0 N–H and O–H groups in total. The van der Waals surface area contributed by atoms with Crippen molar-refractivity contribution in [2.45, 2.75) is 5.56 Å². The summed E-state index contributed by atoms with van der Waals surface area (Å²) in [6.07, 6.45) is 3.60. The Bertz CT molecular complexity index is 140. The highest BCUT2D eigenvalue weighted by molar-refractivity contribution is 8.02. The van der Waals surface area contributed by atoms with Gasteiger partial charge < -0.3 is 4.84 Å². The molecule has 0 saturated heterocycles. The van der Waals surface area contributed by atoms with E-state index in [1.165, 1.54) is 0 Å². The van der Waals surface area contributed by atoms with Crippen molar-refractivity contribution in [1.29, 1.82) is 0 Å². The molecule has 2 heterocycles. The van der Waals surface area contributed by atoms with E-state index in [1.54, 1.807) is 18.1 Å². The second-order valence-electron chi connectivity index (χ2n) is 1.50. The number of nitrogens with zero attached hydrogens (tertiary/aromatic N) is 2. The molecule has 0 aromatic carbocycles. The van der Waals surface area contributed by atoms with Crippen molar-refractivity contribution >= 4 is 18.1 Å². The fourth-order valence-corrected chi connectivity index (χ4v) is 1.33. The zero-order chi connectivity index (χ0) is 5.40. The highest BCUT2D eigenvalue weighted by Gasteiger charge is 2.23. The minimum atomic E-state index is 0.0926. The number of oxime groups is 1. The molecule has 0 aromatic rings. The van der Waals surface area contributed by atoms with Gasteiger partial charge in [0.15, 0.2) is 0 Å². The Balaban J connectivity index is 2.22. The average Bonchev–Trinajstić information content (AvgIpc) is 2.15. The highest BCUT2D eigenvalue weighted by atomic mass is 32.2. The van der Waals surface area contributed by atoms with Crippen LogP contribution in [0.1, 0.15) is 0 Å². The standard InChI is InChI=1S/C4H4N2OS/c1-2-8-4-6(1)3-5-7-4/h1-4H/t4-/m1/s1. The molecule has 8 heavy (non-hydrogen) atoms. The Kier molecular flexibility index (Phi) is 0.754. The molecule has 0 amide bonds. The maximum absolute atomic E-state index is 4.87. The van der Waals surface area contributed by atoms with E-state index in [4.69, 9.17) is 4.84 Å². The Morgan fingerprint density at radius 3 is 3.62 bits per heavy atom. The number of hydrogen-bond donors (Lipinski definition) is 0. The van der Waals surface area contributed by atoms with Gasteiger partial charge in [-0.1, -0.05) is 16.9 Å². The van der Waals surface area contributed by atoms with Gasteiger partial charge in [-0.2, -0.15) is 0 Å². The molecule has 4 heteroatoms. The number of rotatable bonds is 0. The summed E-state index contributed by atoms with van der Waals surface area (Å²) in [5, 5.41) is 5.58. The van der Waals surface area contributed by atoms with E-state index >= 15 is 0 Å². The Labute approximate surface area is 51.0 Å². The second kappa shape index (κ2) is 1.42. The van der Waals surface area contributed by atoms with Crippen molar-refractivity contribution in [2.75, 3.05) is 0 Å². The molecule has 0 fully saturated rings. The van der Waals surface area contributed by atoms with Crippen molar-refractivity contribution in [3.05, 3.63) is 11.6 Å². The third-order valence-corrected chi connectivity index (χ3v) is 1.84. The Hall–Kier alpha value is -0.640. The monoisotopic (exact) mass is 128 g/mol. The molecule has 3 nitrogen and oxygen atoms in total. The van der Waals surface area contributed by atoms with Gasteiger partial charge in [0.25, 0.3) is 5.56 Å². The first-order chi connectivity index (χ1) is 3.97. The van der Waals surface area contributed by atoms with Crippen LogP contribution in [0, 0.1) is 0 Å². The van der Waals surface area contributed by atoms with Gasteiger partial charge in [-0.3, -0.25) is 4.90 Å². The van der Waals surface area contributed by atoms with Gasteiger partial charge in [0.05, 0.1) is 0 Å².